The summed E-state index contributed by atoms with van der Waals surface area (Å²) in [6, 6.07) is 16.7. The molecule has 3 amide bonds. The second-order valence-corrected chi connectivity index (χ2v) is 21.8. The fraction of sp³-hybridized carbons (Fsp3) is 0.392. The Morgan fingerprint density at radius 3 is 2.42 bits per heavy atom. The Hall–Kier alpha value is -5.38. The molecule has 1 aromatic heterocycles. The van der Waals surface area contributed by atoms with E-state index in [-0.39, 0.29) is 65.9 Å². The van der Waals surface area contributed by atoms with Crippen molar-refractivity contribution < 1.29 is 47.3 Å². The number of hydrogen-bond acceptors (Lipinski definition) is 15. The lowest BCUT2D eigenvalue weighted by molar-refractivity contribution is -0.134. The largest absolute Gasteiger partial charge is 0.483 e. The molecular weight excluding hydrogens is 988 g/mol. The fourth-order valence-corrected chi connectivity index (χ4v) is 14.0. The van der Waals surface area contributed by atoms with Crippen LogP contribution in [0.2, 0.25) is 5.02 Å². The molecule has 0 aliphatic carbocycles. The quantitative estimate of drug-likeness (QED) is 0.0494. The summed E-state index contributed by atoms with van der Waals surface area (Å²) in [7, 11) is -1.74. The van der Waals surface area contributed by atoms with Gasteiger partial charge < -0.3 is 25.2 Å². The molecular formula is C51H59ClN6O10S3. The number of piperidine rings is 3. The predicted octanol–water partition coefficient (Wildman–Crippen LogP) is 6.94. The molecule has 0 saturated carbocycles. The van der Waals surface area contributed by atoms with Crippen molar-refractivity contribution >= 4 is 98.0 Å². The van der Waals surface area contributed by atoms with E-state index < -0.39 is 27.5 Å². The van der Waals surface area contributed by atoms with Crippen molar-refractivity contribution in [2.75, 3.05) is 56.4 Å². The highest BCUT2D eigenvalue weighted by atomic mass is 35.5. The Labute approximate surface area is 428 Å². The van der Waals surface area contributed by atoms with Gasteiger partial charge in [-0.2, -0.15) is 4.31 Å². The number of aldehydes is 2. The summed E-state index contributed by atoms with van der Waals surface area (Å²) in [5, 5.41) is 23.8. The van der Waals surface area contributed by atoms with E-state index in [1.165, 1.54) is 11.3 Å². The predicted molar refractivity (Wildman–Crippen MR) is 281 cm³/mol. The zero-order valence-corrected chi connectivity index (χ0v) is 43.2. The van der Waals surface area contributed by atoms with Crippen LogP contribution in [0.4, 0.5) is 11.4 Å². The Morgan fingerprint density at radius 1 is 0.986 bits per heavy atom. The van der Waals surface area contributed by atoms with Crippen LogP contribution in [-0.4, -0.2) is 133 Å². The van der Waals surface area contributed by atoms with Crippen LogP contribution in [0.5, 0.6) is 5.75 Å². The number of allylic oxidation sites excluding steroid dienone is 1. The summed E-state index contributed by atoms with van der Waals surface area (Å²) in [6.45, 7) is 5.54. The minimum atomic E-state index is -3.74. The zero-order chi connectivity index (χ0) is 51.2. The lowest BCUT2D eigenvalue weighted by atomic mass is 9.85. The van der Waals surface area contributed by atoms with Crippen molar-refractivity contribution in [1.82, 2.24) is 19.4 Å². The summed E-state index contributed by atoms with van der Waals surface area (Å²) in [5.41, 5.74) is 4.05. The first kappa shape index (κ1) is 53.4. The number of aliphatic hydroxyl groups is 2. The number of rotatable bonds is 14. The monoisotopic (exact) mass is 1050 g/mol. The van der Waals surface area contributed by atoms with Crippen molar-refractivity contribution in [2.45, 2.75) is 82.1 Å². The number of hydrogen-bond donors (Lipinski definition) is 5. The molecule has 71 heavy (non-hydrogen) atoms. The molecule has 3 unspecified atom stereocenters. The number of thiophene rings is 1. The van der Waals surface area contributed by atoms with Crippen LogP contribution in [0.1, 0.15) is 83.9 Å². The second kappa shape index (κ2) is 23.0. The number of amides is 3. The molecule has 0 radical (unpaired) electrons. The van der Waals surface area contributed by atoms with E-state index in [0.29, 0.717) is 58.5 Å². The summed E-state index contributed by atoms with van der Waals surface area (Å²) < 4.78 is 35.8. The number of sulfonamides is 1. The highest BCUT2D eigenvalue weighted by Gasteiger charge is 2.43. The van der Waals surface area contributed by atoms with Crippen LogP contribution in [0, 0.1) is 0 Å². The third-order valence-corrected chi connectivity index (χ3v) is 17.3. The highest BCUT2D eigenvalue weighted by Crippen LogP contribution is 2.47. The van der Waals surface area contributed by atoms with Gasteiger partial charge in [-0.15, -0.1) is 24.0 Å². The van der Waals surface area contributed by atoms with Gasteiger partial charge in [-0.3, -0.25) is 39.1 Å². The van der Waals surface area contributed by atoms with E-state index in [9.17, 15) is 32.4 Å². The molecule has 4 aromatic rings. The number of aliphatic hydroxyl groups excluding tert-OH is 2. The Morgan fingerprint density at radius 2 is 1.73 bits per heavy atom. The number of imide groups is 1. The fourth-order valence-electron chi connectivity index (χ4n) is 10.5. The van der Waals surface area contributed by atoms with Crippen molar-refractivity contribution in [3.63, 3.8) is 0 Å². The van der Waals surface area contributed by atoms with E-state index in [1.54, 1.807) is 14.6 Å². The molecule has 378 valence electrons. The summed E-state index contributed by atoms with van der Waals surface area (Å²) in [5.74, 6) is -0.748. The molecule has 0 spiro atoms. The van der Waals surface area contributed by atoms with Gasteiger partial charge in [0.1, 0.15) is 28.7 Å². The number of ether oxygens (including phenoxy) is 1. The molecule has 9 rings (SSSR count). The van der Waals surface area contributed by atoms with E-state index in [1.807, 2.05) is 91.8 Å². The first-order valence-electron chi connectivity index (χ1n) is 23.3. The van der Waals surface area contributed by atoms with E-state index in [2.05, 4.69) is 34.2 Å². The van der Waals surface area contributed by atoms with Gasteiger partial charge in [0.05, 0.1) is 16.3 Å². The van der Waals surface area contributed by atoms with Crippen molar-refractivity contribution in [3.8, 4) is 16.2 Å². The van der Waals surface area contributed by atoms with Gasteiger partial charge in [0.25, 0.3) is 5.91 Å². The molecule has 4 N–H and O–H groups in total. The van der Waals surface area contributed by atoms with Crippen LogP contribution < -0.4 is 20.3 Å². The Balaban J connectivity index is 0.00000181. The smallest absolute Gasteiger partial charge is 0.259 e. The van der Waals surface area contributed by atoms with Gasteiger partial charge >= 0.3 is 0 Å². The molecule has 0 bridgehead atoms. The van der Waals surface area contributed by atoms with Crippen LogP contribution in [0.25, 0.3) is 21.2 Å². The van der Waals surface area contributed by atoms with Gasteiger partial charge in [-0.1, -0.05) is 41.9 Å². The van der Waals surface area contributed by atoms with Crippen LogP contribution in [-0.2, 0) is 24.4 Å². The number of likely N-dealkylation sites (tertiary alicyclic amines) is 1. The summed E-state index contributed by atoms with van der Waals surface area (Å²) in [6.07, 6.45) is 12.0. The van der Waals surface area contributed by atoms with Gasteiger partial charge in [-0.25, -0.2) is 8.42 Å². The summed E-state index contributed by atoms with van der Waals surface area (Å²) >= 11 is 12.2. The van der Waals surface area contributed by atoms with Gasteiger partial charge in [0, 0.05) is 80.9 Å². The lowest BCUT2D eigenvalue weighted by Gasteiger charge is -2.45. The molecule has 3 aromatic carbocycles. The minimum absolute atomic E-state index is 0.0181. The number of nitrogens with one attached hydrogen (secondary N) is 2. The average molecular weight is 1050 g/mol. The van der Waals surface area contributed by atoms with Gasteiger partial charge in [0.15, 0.2) is 18.3 Å². The number of anilines is 2. The van der Waals surface area contributed by atoms with Gasteiger partial charge in [0.2, 0.25) is 21.8 Å². The average Bonchev–Trinajstić information content (AvgIpc) is 3.84. The minimum Gasteiger partial charge on any atom is -0.483 e. The topological polar surface area (TPSA) is 206 Å². The first-order valence-corrected chi connectivity index (χ1v) is 26.6. The van der Waals surface area contributed by atoms with Crippen LogP contribution >= 0.6 is 35.6 Å². The van der Waals surface area contributed by atoms with E-state index in [4.69, 9.17) is 26.6 Å². The maximum atomic E-state index is 14.4. The Kier molecular flexibility index (Phi) is 17.3. The molecule has 20 heteroatoms. The SMILES string of the molecule is CC1(C)CC(Nc2cccc(-c3sc(C=O)c(OCC=O)c3Cl)c2)CCN1S(=O)(=O)CC1=CC(N2CCC(c3ccc4c5c(cccc35)C(=O)N4C3CCC(=O)NC3=O)CC2)N(/C=C\S)C=C1.CO.CO. The highest BCUT2D eigenvalue weighted by molar-refractivity contribution is 7.89. The molecule has 16 nitrogen and oxygen atoms in total. The maximum absolute atomic E-state index is 14.4. The normalized spacial score (nSPS) is 21.5. The van der Waals surface area contributed by atoms with E-state index >= 15 is 0 Å². The van der Waals surface area contributed by atoms with Crippen molar-refractivity contribution in [1.29, 1.82) is 0 Å². The zero-order valence-electron chi connectivity index (χ0n) is 39.9. The third kappa shape index (κ3) is 11.0. The van der Waals surface area contributed by atoms with E-state index in [0.717, 1.165) is 67.7 Å². The number of nitrogens with zero attached hydrogens (tertiary/aromatic N) is 4. The number of thiol groups is 1. The maximum Gasteiger partial charge on any atom is 0.259 e. The molecule has 6 heterocycles. The molecule has 3 fully saturated rings. The van der Waals surface area contributed by atoms with Crippen LogP contribution in [0.3, 0.4) is 0 Å². The molecule has 3 atom stereocenters. The van der Waals surface area contributed by atoms with Crippen molar-refractivity contribution in [3.05, 3.63) is 111 Å². The lowest BCUT2D eigenvalue weighted by Crippen LogP contribution is -2.56. The number of benzene rings is 3. The van der Waals surface area contributed by atoms with Crippen LogP contribution in [0.15, 0.2) is 90.1 Å². The second-order valence-electron chi connectivity index (χ2n) is 18.2. The molecule has 3 saturated heterocycles. The standard InChI is InChI=1S/C49H51ClN6O8S3.2CH4O/c1-49(2)27-34(51-33-6-3-5-32(26-33)46-44(50)45(64-23-22-57)40(28-58)66-46)16-20-55(49)67(62,63)29-30-13-17-54(21-24-65)42(25-30)53-18-14-31(15-19-53)35-9-10-38-43-36(35)7-4-8-37(43)48(61)56(38)39-11-12-41(59)52-47(39)60;2*1-2/h3-10,13,17,21-22,24-26,28,31,34,39,42,51,65H,11-12,14-16,18-20,23,27,29H2,1-2H3,(H,52,59,60);2*2H,1H3/b24-21-;;. The summed E-state index contributed by atoms with van der Waals surface area (Å²) in [4.78, 5) is 68.1. The molecule has 5 aliphatic heterocycles. The number of carbonyl (C=O) groups is 5. The molecule has 5 aliphatic rings. The van der Waals surface area contributed by atoms with Gasteiger partial charge in [-0.05, 0) is 116 Å². The third-order valence-electron chi connectivity index (χ3n) is 13.5. The first-order chi connectivity index (χ1) is 34.2. The Bertz CT molecular complexity index is 2880. The van der Waals surface area contributed by atoms with Crippen molar-refractivity contribution in [2.24, 2.45) is 0 Å². The number of carbonyl (C=O) groups excluding carboxylic acids is 5. The number of halogens is 1.